The van der Waals surface area contributed by atoms with Gasteiger partial charge in [0.05, 0.1) is 13.0 Å². The van der Waals surface area contributed by atoms with Gasteiger partial charge in [-0.05, 0) is 36.1 Å². The first kappa shape index (κ1) is 17.0. The third-order valence-electron chi connectivity index (χ3n) is 4.48. The Morgan fingerprint density at radius 3 is 2.76 bits per heavy atom. The summed E-state index contributed by atoms with van der Waals surface area (Å²) in [6, 6.07) is 15.4. The van der Waals surface area contributed by atoms with Gasteiger partial charge in [0.2, 0.25) is 11.8 Å². The molecule has 25 heavy (non-hydrogen) atoms. The second kappa shape index (κ2) is 7.83. The number of hydrogen-bond donors (Lipinski definition) is 2. The van der Waals surface area contributed by atoms with Crippen LogP contribution in [0.15, 0.2) is 48.5 Å². The van der Waals surface area contributed by atoms with Gasteiger partial charge in [-0.2, -0.15) is 0 Å². The van der Waals surface area contributed by atoms with E-state index in [1.165, 1.54) is 0 Å². The van der Waals surface area contributed by atoms with Crippen LogP contribution in [0.25, 0.3) is 0 Å². The fraction of sp³-hybridized carbons (Fsp3) is 0.300. The first-order chi connectivity index (χ1) is 12.2. The topological polar surface area (TPSA) is 67.4 Å². The number of aryl methyl sites for hydroxylation is 1. The van der Waals surface area contributed by atoms with Crippen molar-refractivity contribution >= 4 is 17.5 Å². The number of methoxy groups -OCH3 is 1. The fourth-order valence-electron chi connectivity index (χ4n) is 3.16. The van der Waals surface area contributed by atoms with E-state index in [0.29, 0.717) is 25.8 Å². The van der Waals surface area contributed by atoms with Gasteiger partial charge in [0.25, 0.3) is 0 Å². The van der Waals surface area contributed by atoms with E-state index in [4.69, 9.17) is 4.74 Å². The molecular weight excluding hydrogens is 316 g/mol. The van der Waals surface area contributed by atoms with Crippen molar-refractivity contribution in [2.75, 3.05) is 19.0 Å². The summed E-state index contributed by atoms with van der Waals surface area (Å²) < 4.78 is 5.30. The molecule has 1 atom stereocenters. The van der Waals surface area contributed by atoms with Crippen LogP contribution in [0.5, 0.6) is 5.75 Å². The van der Waals surface area contributed by atoms with Crippen LogP contribution in [0.2, 0.25) is 0 Å². The summed E-state index contributed by atoms with van der Waals surface area (Å²) in [4.78, 5) is 24.1. The van der Waals surface area contributed by atoms with Gasteiger partial charge in [-0.15, -0.1) is 0 Å². The molecule has 0 saturated carbocycles. The van der Waals surface area contributed by atoms with E-state index >= 15 is 0 Å². The van der Waals surface area contributed by atoms with Crippen molar-refractivity contribution in [2.45, 2.75) is 25.2 Å². The summed E-state index contributed by atoms with van der Waals surface area (Å²) in [5, 5.41) is 5.79. The number of fused-ring (bicyclic) bond motifs is 1. The molecule has 1 aliphatic heterocycles. The van der Waals surface area contributed by atoms with Gasteiger partial charge in [-0.25, -0.2) is 0 Å². The highest BCUT2D eigenvalue weighted by molar-refractivity contribution is 6.02. The van der Waals surface area contributed by atoms with Crippen molar-refractivity contribution in [3.8, 4) is 5.75 Å². The average Bonchev–Trinajstić information content (AvgIpc) is 2.96. The Bertz CT molecular complexity index is 773. The van der Waals surface area contributed by atoms with Gasteiger partial charge < -0.3 is 15.4 Å². The summed E-state index contributed by atoms with van der Waals surface area (Å²) in [6.45, 7) is 0.483. The maximum atomic E-state index is 12.1. The lowest BCUT2D eigenvalue weighted by Gasteiger charge is -2.11. The highest BCUT2D eigenvalue weighted by atomic mass is 16.5. The quantitative estimate of drug-likeness (QED) is 0.816. The first-order valence-electron chi connectivity index (χ1n) is 8.47. The van der Waals surface area contributed by atoms with Gasteiger partial charge in [0.1, 0.15) is 5.75 Å². The lowest BCUT2D eigenvalue weighted by molar-refractivity contribution is -0.121. The smallest absolute Gasteiger partial charge is 0.232 e. The number of amides is 2. The maximum absolute atomic E-state index is 12.1. The minimum absolute atomic E-state index is 0.00414. The summed E-state index contributed by atoms with van der Waals surface area (Å²) in [6.07, 6.45) is 1.62. The Morgan fingerprint density at radius 2 is 1.92 bits per heavy atom. The van der Waals surface area contributed by atoms with Gasteiger partial charge >= 0.3 is 0 Å². The fourth-order valence-corrected chi connectivity index (χ4v) is 3.16. The van der Waals surface area contributed by atoms with Crippen LogP contribution in [0.1, 0.15) is 29.9 Å². The van der Waals surface area contributed by atoms with E-state index in [1.54, 1.807) is 7.11 Å². The maximum Gasteiger partial charge on any atom is 0.232 e. The molecule has 130 valence electrons. The van der Waals surface area contributed by atoms with Crippen LogP contribution in [0, 0.1) is 0 Å². The molecule has 3 rings (SSSR count). The Kier molecular flexibility index (Phi) is 5.33. The number of anilines is 1. The zero-order valence-corrected chi connectivity index (χ0v) is 14.2. The van der Waals surface area contributed by atoms with Crippen LogP contribution >= 0.6 is 0 Å². The molecule has 2 N–H and O–H groups in total. The number of nitrogens with one attached hydrogen (secondary N) is 2. The molecule has 0 saturated heterocycles. The van der Waals surface area contributed by atoms with Crippen LogP contribution < -0.4 is 15.4 Å². The Hall–Kier alpha value is -2.82. The van der Waals surface area contributed by atoms with Crippen molar-refractivity contribution in [3.63, 3.8) is 0 Å². The van der Waals surface area contributed by atoms with Crippen molar-refractivity contribution in [1.82, 2.24) is 5.32 Å². The second-order valence-corrected chi connectivity index (χ2v) is 6.08. The number of rotatable bonds is 7. The van der Waals surface area contributed by atoms with Gasteiger partial charge in [-0.3, -0.25) is 9.59 Å². The molecule has 0 aromatic heterocycles. The van der Waals surface area contributed by atoms with Crippen molar-refractivity contribution in [1.29, 1.82) is 0 Å². The SMILES string of the molecule is COc1ccccc1CCC(=O)NCCC1C(=O)Nc2ccccc21. The van der Waals surface area contributed by atoms with Gasteiger partial charge in [0.15, 0.2) is 0 Å². The van der Waals surface area contributed by atoms with E-state index in [-0.39, 0.29) is 17.7 Å². The van der Waals surface area contributed by atoms with Gasteiger partial charge in [-0.1, -0.05) is 36.4 Å². The van der Waals surface area contributed by atoms with E-state index in [0.717, 1.165) is 22.6 Å². The molecule has 1 aliphatic rings. The Balaban J connectivity index is 1.46. The molecule has 5 nitrogen and oxygen atoms in total. The van der Waals surface area contributed by atoms with Crippen LogP contribution in [0.3, 0.4) is 0 Å². The number of para-hydroxylation sites is 2. The third kappa shape index (κ3) is 3.99. The van der Waals surface area contributed by atoms with E-state index in [1.807, 2.05) is 48.5 Å². The molecule has 2 aromatic carbocycles. The molecule has 2 amide bonds. The third-order valence-corrected chi connectivity index (χ3v) is 4.48. The number of carbonyl (C=O) groups excluding carboxylic acids is 2. The number of benzene rings is 2. The van der Waals surface area contributed by atoms with Crippen molar-refractivity contribution in [3.05, 3.63) is 59.7 Å². The molecular formula is C20H22N2O3. The van der Waals surface area contributed by atoms with Crippen molar-refractivity contribution < 1.29 is 14.3 Å². The van der Waals surface area contributed by atoms with Crippen molar-refractivity contribution in [2.24, 2.45) is 0 Å². The summed E-state index contributed by atoms with van der Waals surface area (Å²) in [7, 11) is 1.63. The molecule has 2 aromatic rings. The molecule has 0 bridgehead atoms. The normalized spacial score (nSPS) is 15.4. The number of ether oxygens (including phenoxy) is 1. The van der Waals surface area contributed by atoms with E-state index in [2.05, 4.69) is 10.6 Å². The van der Waals surface area contributed by atoms with E-state index < -0.39 is 0 Å². The molecule has 0 spiro atoms. The predicted molar refractivity (Wildman–Crippen MR) is 96.8 cm³/mol. The Morgan fingerprint density at radius 1 is 1.16 bits per heavy atom. The van der Waals surface area contributed by atoms with Crippen LogP contribution in [-0.4, -0.2) is 25.5 Å². The second-order valence-electron chi connectivity index (χ2n) is 6.08. The highest BCUT2D eigenvalue weighted by Gasteiger charge is 2.29. The monoisotopic (exact) mass is 338 g/mol. The molecule has 0 radical (unpaired) electrons. The lowest BCUT2D eigenvalue weighted by atomic mass is 9.97. The largest absolute Gasteiger partial charge is 0.496 e. The van der Waals surface area contributed by atoms with E-state index in [9.17, 15) is 9.59 Å². The van der Waals surface area contributed by atoms with Crippen LogP contribution in [-0.2, 0) is 16.0 Å². The average molecular weight is 338 g/mol. The lowest BCUT2D eigenvalue weighted by Crippen LogP contribution is -2.27. The highest BCUT2D eigenvalue weighted by Crippen LogP contribution is 2.33. The Labute approximate surface area is 147 Å². The molecule has 0 fully saturated rings. The minimum Gasteiger partial charge on any atom is -0.496 e. The number of carbonyl (C=O) groups is 2. The predicted octanol–water partition coefficient (Wildman–Crippen LogP) is 2.87. The summed E-state index contributed by atoms with van der Waals surface area (Å²) in [5.74, 6) is 0.599. The zero-order chi connectivity index (χ0) is 17.6. The molecule has 5 heteroatoms. The minimum atomic E-state index is -0.189. The number of hydrogen-bond acceptors (Lipinski definition) is 3. The molecule has 0 aliphatic carbocycles. The molecule has 1 unspecified atom stereocenters. The molecule has 1 heterocycles. The van der Waals surface area contributed by atoms with Crippen LogP contribution in [0.4, 0.5) is 5.69 Å². The standard InChI is InChI=1S/C20H22N2O3/c1-25-18-9-5-2-6-14(18)10-11-19(23)21-13-12-16-15-7-3-4-8-17(15)22-20(16)24/h2-9,16H,10-13H2,1H3,(H,21,23)(H,22,24). The first-order valence-corrected chi connectivity index (χ1v) is 8.47. The summed E-state index contributed by atoms with van der Waals surface area (Å²) in [5.41, 5.74) is 2.90. The summed E-state index contributed by atoms with van der Waals surface area (Å²) >= 11 is 0. The van der Waals surface area contributed by atoms with Gasteiger partial charge in [0, 0.05) is 18.7 Å². The zero-order valence-electron chi connectivity index (χ0n) is 14.2.